The predicted octanol–water partition coefficient (Wildman–Crippen LogP) is 2.65. The van der Waals surface area contributed by atoms with Gasteiger partial charge in [0.1, 0.15) is 5.69 Å². The van der Waals surface area contributed by atoms with E-state index < -0.39 is 0 Å². The molecule has 0 unspecified atom stereocenters. The normalized spacial score (nSPS) is 15.1. The number of rotatable bonds is 10. The Labute approximate surface area is 161 Å². The first-order chi connectivity index (χ1) is 13.3. The second kappa shape index (κ2) is 10.9. The van der Waals surface area contributed by atoms with Crippen LogP contribution in [0.4, 0.5) is 0 Å². The lowest BCUT2D eigenvalue weighted by atomic mass is 9.95. The molecule has 27 heavy (non-hydrogen) atoms. The van der Waals surface area contributed by atoms with E-state index in [-0.39, 0.29) is 5.91 Å². The van der Waals surface area contributed by atoms with Crippen LogP contribution in [0, 0.1) is 0 Å². The zero-order chi connectivity index (χ0) is 18.7. The fraction of sp³-hybridized carbons (Fsp3) is 0.571. The number of carbonyl (C=O) groups is 1. The summed E-state index contributed by atoms with van der Waals surface area (Å²) in [5.74, 6) is -0.155. The van der Waals surface area contributed by atoms with Crippen molar-refractivity contribution in [2.24, 2.45) is 0 Å². The molecule has 1 heterocycles. The number of benzene rings is 1. The maximum absolute atomic E-state index is 12.2. The summed E-state index contributed by atoms with van der Waals surface area (Å²) in [5.41, 5.74) is 1.93. The maximum Gasteiger partial charge on any atom is 0.271 e. The molecule has 1 fully saturated rings. The summed E-state index contributed by atoms with van der Waals surface area (Å²) in [4.78, 5) is 20.8. The van der Waals surface area contributed by atoms with Gasteiger partial charge in [-0.3, -0.25) is 9.78 Å². The Bertz CT molecular complexity index is 715. The highest BCUT2D eigenvalue weighted by Crippen LogP contribution is 2.16. The third kappa shape index (κ3) is 6.56. The van der Waals surface area contributed by atoms with E-state index in [2.05, 4.69) is 25.9 Å². The van der Waals surface area contributed by atoms with Crippen LogP contribution in [-0.2, 0) is 0 Å². The number of amides is 1. The van der Waals surface area contributed by atoms with Crippen LogP contribution in [0.3, 0.4) is 0 Å². The lowest BCUT2D eigenvalue weighted by Gasteiger charge is -2.22. The summed E-state index contributed by atoms with van der Waals surface area (Å²) in [6, 6.07) is 8.30. The average molecular weight is 370 g/mol. The Hall–Kier alpha value is -2.05. The fourth-order valence-electron chi connectivity index (χ4n) is 3.53. The molecule has 0 aliphatic heterocycles. The SMILES string of the molecule is O=C(NCCCCNCCNC1CCCCC1)c1cnc2ccccc2n1. The Morgan fingerprint density at radius 3 is 2.59 bits per heavy atom. The van der Waals surface area contributed by atoms with E-state index in [1.54, 1.807) is 6.20 Å². The van der Waals surface area contributed by atoms with Gasteiger partial charge in [-0.1, -0.05) is 31.4 Å². The number of nitrogens with one attached hydrogen (secondary N) is 3. The van der Waals surface area contributed by atoms with Crippen molar-refractivity contribution in [3.05, 3.63) is 36.2 Å². The van der Waals surface area contributed by atoms with E-state index in [1.165, 1.54) is 32.1 Å². The maximum atomic E-state index is 12.2. The zero-order valence-electron chi connectivity index (χ0n) is 16.0. The minimum absolute atomic E-state index is 0.155. The summed E-state index contributed by atoms with van der Waals surface area (Å²) in [6.45, 7) is 3.70. The number of hydrogen-bond acceptors (Lipinski definition) is 5. The van der Waals surface area contributed by atoms with Crippen molar-refractivity contribution in [3.63, 3.8) is 0 Å². The Kier molecular flexibility index (Phi) is 7.99. The standard InChI is InChI=1S/C21H31N5O/c27-21(20-16-25-18-10-4-5-11-19(18)26-20)24-13-7-6-12-22-14-15-23-17-8-2-1-3-9-17/h4-5,10-11,16-17,22-23H,1-3,6-9,12-15H2,(H,24,27). The summed E-state index contributed by atoms with van der Waals surface area (Å²) < 4.78 is 0. The van der Waals surface area contributed by atoms with E-state index in [4.69, 9.17) is 0 Å². The molecule has 0 atom stereocenters. The first-order valence-electron chi connectivity index (χ1n) is 10.3. The molecule has 0 spiro atoms. The number of hydrogen-bond donors (Lipinski definition) is 3. The quantitative estimate of drug-likeness (QED) is 0.561. The summed E-state index contributed by atoms with van der Waals surface area (Å²) in [7, 11) is 0. The van der Waals surface area contributed by atoms with E-state index in [9.17, 15) is 4.79 Å². The molecule has 2 aromatic rings. The minimum atomic E-state index is -0.155. The molecule has 6 nitrogen and oxygen atoms in total. The van der Waals surface area contributed by atoms with Crippen molar-refractivity contribution < 1.29 is 4.79 Å². The van der Waals surface area contributed by atoms with Crippen molar-refractivity contribution >= 4 is 16.9 Å². The topological polar surface area (TPSA) is 78.9 Å². The van der Waals surface area contributed by atoms with Crippen molar-refractivity contribution in [2.45, 2.75) is 51.0 Å². The highest BCUT2D eigenvalue weighted by molar-refractivity contribution is 5.93. The number of carbonyl (C=O) groups excluding carboxylic acids is 1. The van der Waals surface area contributed by atoms with Gasteiger partial charge in [0.05, 0.1) is 17.2 Å². The van der Waals surface area contributed by atoms with Crippen LogP contribution in [0.15, 0.2) is 30.5 Å². The van der Waals surface area contributed by atoms with Crippen molar-refractivity contribution in [2.75, 3.05) is 26.2 Å². The van der Waals surface area contributed by atoms with Gasteiger partial charge in [-0.2, -0.15) is 0 Å². The van der Waals surface area contributed by atoms with Gasteiger partial charge in [0.25, 0.3) is 5.91 Å². The van der Waals surface area contributed by atoms with Gasteiger partial charge in [-0.15, -0.1) is 0 Å². The molecule has 0 radical (unpaired) electrons. The predicted molar refractivity (Wildman–Crippen MR) is 109 cm³/mol. The molecule has 6 heteroatoms. The molecule has 1 aliphatic carbocycles. The van der Waals surface area contributed by atoms with Crippen molar-refractivity contribution in [3.8, 4) is 0 Å². The molecule has 3 N–H and O–H groups in total. The van der Waals surface area contributed by atoms with Crippen LogP contribution in [-0.4, -0.2) is 48.1 Å². The van der Waals surface area contributed by atoms with Gasteiger partial charge in [-0.25, -0.2) is 4.98 Å². The first kappa shape index (κ1) is 19.7. The lowest BCUT2D eigenvalue weighted by molar-refractivity contribution is 0.0948. The minimum Gasteiger partial charge on any atom is -0.351 e. The molecule has 3 rings (SSSR count). The molecule has 1 amide bonds. The van der Waals surface area contributed by atoms with Gasteiger partial charge in [0, 0.05) is 25.7 Å². The Morgan fingerprint density at radius 2 is 1.74 bits per heavy atom. The van der Waals surface area contributed by atoms with Crippen LogP contribution < -0.4 is 16.0 Å². The second-order valence-electron chi connectivity index (χ2n) is 7.25. The van der Waals surface area contributed by atoms with E-state index >= 15 is 0 Å². The van der Waals surface area contributed by atoms with Crippen molar-refractivity contribution in [1.29, 1.82) is 0 Å². The van der Waals surface area contributed by atoms with E-state index in [0.717, 1.165) is 49.6 Å². The first-order valence-corrected chi connectivity index (χ1v) is 10.3. The van der Waals surface area contributed by atoms with Gasteiger partial charge in [0.15, 0.2) is 0 Å². The lowest BCUT2D eigenvalue weighted by Crippen LogP contribution is -2.36. The summed E-state index contributed by atoms with van der Waals surface area (Å²) in [6.07, 6.45) is 10.4. The number of nitrogens with zero attached hydrogens (tertiary/aromatic N) is 2. The number of aromatic nitrogens is 2. The largest absolute Gasteiger partial charge is 0.351 e. The molecular formula is C21H31N5O. The van der Waals surface area contributed by atoms with E-state index in [0.29, 0.717) is 12.2 Å². The van der Waals surface area contributed by atoms with Crippen molar-refractivity contribution in [1.82, 2.24) is 25.9 Å². The van der Waals surface area contributed by atoms with Gasteiger partial charge in [0.2, 0.25) is 0 Å². The number of para-hydroxylation sites is 2. The van der Waals surface area contributed by atoms with Crippen LogP contribution in [0.1, 0.15) is 55.4 Å². The summed E-state index contributed by atoms with van der Waals surface area (Å²) in [5, 5.41) is 10.0. The van der Waals surface area contributed by atoms with Crippen LogP contribution in [0.25, 0.3) is 11.0 Å². The average Bonchev–Trinajstić information content (AvgIpc) is 2.72. The molecule has 146 valence electrons. The molecule has 0 saturated heterocycles. The van der Waals surface area contributed by atoms with E-state index in [1.807, 2.05) is 24.3 Å². The molecule has 1 aliphatic rings. The highest BCUT2D eigenvalue weighted by Gasteiger charge is 2.11. The fourth-order valence-corrected chi connectivity index (χ4v) is 3.53. The Balaban J connectivity index is 1.22. The molecular weight excluding hydrogens is 338 g/mol. The molecule has 0 bridgehead atoms. The second-order valence-corrected chi connectivity index (χ2v) is 7.25. The smallest absolute Gasteiger partial charge is 0.271 e. The van der Waals surface area contributed by atoms with Gasteiger partial charge in [-0.05, 0) is 44.4 Å². The molecule has 1 saturated carbocycles. The van der Waals surface area contributed by atoms with Crippen LogP contribution in [0.2, 0.25) is 0 Å². The molecule has 1 aromatic carbocycles. The monoisotopic (exact) mass is 369 g/mol. The Morgan fingerprint density at radius 1 is 0.963 bits per heavy atom. The van der Waals surface area contributed by atoms with Gasteiger partial charge >= 0.3 is 0 Å². The van der Waals surface area contributed by atoms with Crippen LogP contribution >= 0.6 is 0 Å². The molecule has 1 aromatic heterocycles. The third-order valence-electron chi connectivity index (χ3n) is 5.09. The third-order valence-corrected chi connectivity index (χ3v) is 5.09. The number of unbranched alkanes of at least 4 members (excludes halogenated alkanes) is 1. The zero-order valence-corrected chi connectivity index (χ0v) is 16.0. The van der Waals surface area contributed by atoms with Crippen LogP contribution in [0.5, 0.6) is 0 Å². The number of fused-ring (bicyclic) bond motifs is 1. The highest BCUT2D eigenvalue weighted by atomic mass is 16.1. The summed E-state index contributed by atoms with van der Waals surface area (Å²) >= 11 is 0. The van der Waals surface area contributed by atoms with Gasteiger partial charge < -0.3 is 16.0 Å².